The molecule has 1 heterocycles. The standard InChI is InChI=1S/C29H27NO2P/c1-32-24-13-11-12-23(22-24)30-21-20-28(29(30)31)33(25-14-5-2-6-15-25,26-16-7-3-8-17-26)27-18-9-4-10-19-27/h2-19,22,28H,20-21H2,1H3/q+1/t28-/m1/s1. The molecule has 0 aliphatic carbocycles. The maximum atomic E-state index is 14.2. The monoisotopic (exact) mass is 452 g/mol. The lowest BCUT2D eigenvalue weighted by molar-refractivity contribution is -0.116. The molecule has 0 spiro atoms. The van der Waals surface area contributed by atoms with Crippen LogP contribution in [-0.2, 0) is 4.79 Å². The van der Waals surface area contributed by atoms with Crippen LogP contribution in [-0.4, -0.2) is 25.2 Å². The highest BCUT2D eigenvalue weighted by molar-refractivity contribution is 7.97. The summed E-state index contributed by atoms with van der Waals surface area (Å²) in [7, 11) is -0.599. The molecular formula is C29H27NO2P+. The minimum atomic E-state index is -2.26. The average molecular weight is 453 g/mol. The third kappa shape index (κ3) is 3.73. The molecule has 1 aliphatic heterocycles. The Bertz CT molecular complexity index is 1130. The largest absolute Gasteiger partial charge is 0.497 e. The molecule has 0 saturated carbocycles. The van der Waals surface area contributed by atoms with Crippen molar-refractivity contribution in [1.29, 1.82) is 0 Å². The first-order valence-electron chi connectivity index (χ1n) is 11.3. The predicted molar refractivity (Wildman–Crippen MR) is 139 cm³/mol. The molecule has 1 fully saturated rings. The zero-order chi connectivity index (χ0) is 22.7. The molecule has 0 radical (unpaired) electrons. The number of amides is 1. The van der Waals surface area contributed by atoms with Crippen LogP contribution in [0.15, 0.2) is 115 Å². The average Bonchev–Trinajstić information content (AvgIpc) is 3.28. The van der Waals surface area contributed by atoms with E-state index in [9.17, 15) is 4.79 Å². The van der Waals surface area contributed by atoms with Crippen LogP contribution in [0.2, 0.25) is 0 Å². The van der Waals surface area contributed by atoms with Gasteiger partial charge < -0.3 is 9.64 Å². The van der Waals surface area contributed by atoms with Crippen molar-refractivity contribution in [3.8, 4) is 5.75 Å². The number of benzene rings is 4. The quantitative estimate of drug-likeness (QED) is 0.394. The van der Waals surface area contributed by atoms with Crippen LogP contribution in [0.25, 0.3) is 0 Å². The number of methoxy groups -OCH3 is 1. The Kier molecular flexibility index (Phi) is 5.98. The lowest BCUT2D eigenvalue weighted by Crippen LogP contribution is -2.42. The molecule has 1 amide bonds. The van der Waals surface area contributed by atoms with Crippen LogP contribution < -0.4 is 25.6 Å². The third-order valence-electron chi connectivity index (χ3n) is 6.50. The van der Waals surface area contributed by atoms with Crippen LogP contribution in [0.5, 0.6) is 5.75 Å². The van der Waals surface area contributed by atoms with Crippen molar-refractivity contribution >= 4 is 34.8 Å². The van der Waals surface area contributed by atoms with Gasteiger partial charge in [-0.2, -0.15) is 0 Å². The molecule has 0 unspecified atom stereocenters. The number of carbonyl (C=O) groups is 1. The Balaban J connectivity index is 1.71. The molecule has 1 aliphatic rings. The van der Waals surface area contributed by atoms with E-state index >= 15 is 0 Å². The Hall–Kier alpha value is -3.42. The molecule has 4 aromatic rings. The van der Waals surface area contributed by atoms with Crippen molar-refractivity contribution in [2.75, 3.05) is 18.6 Å². The molecule has 0 N–H and O–H groups in total. The Labute approximate surface area is 196 Å². The molecular weight excluding hydrogens is 425 g/mol. The first-order valence-corrected chi connectivity index (χ1v) is 13.1. The van der Waals surface area contributed by atoms with E-state index < -0.39 is 7.26 Å². The van der Waals surface area contributed by atoms with Gasteiger partial charge in [-0.05, 0) is 48.5 Å². The van der Waals surface area contributed by atoms with Gasteiger partial charge >= 0.3 is 0 Å². The van der Waals surface area contributed by atoms with E-state index in [-0.39, 0.29) is 11.6 Å². The lowest BCUT2D eigenvalue weighted by atomic mass is 10.3. The zero-order valence-corrected chi connectivity index (χ0v) is 19.6. The van der Waals surface area contributed by atoms with Crippen LogP contribution >= 0.6 is 7.26 Å². The van der Waals surface area contributed by atoms with E-state index in [0.717, 1.165) is 17.9 Å². The molecule has 0 aromatic heterocycles. The second-order valence-electron chi connectivity index (χ2n) is 8.23. The van der Waals surface area contributed by atoms with E-state index in [1.165, 1.54) is 15.9 Å². The minimum Gasteiger partial charge on any atom is -0.497 e. The van der Waals surface area contributed by atoms with Crippen molar-refractivity contribution in [2.24, 2.45) is 0 Å². The zero-order valence-electron chi connectivity index (χ0n) is 18.7. The summed E-state index contributed by atoms with van der Waals surface area (Å²) in [6.45, 7) is 0.699. The number of hydrogen-bond acceptors (Lipinski definition) is 2. The fraction of sp³-hybridized carbons (Fsp3) is 0.138. The van der Waals surface area contributed by atoms with Crippen LogP contribution in [0.1, 0.15) is 6.42 Å². The van der Waals surface area contributed by atoms with Crippen molar-refractivity contribution in [2.45, 2.75) is 12.1 Å². The number of carbonyl (C=O) groups excluding carboxylic acids is 1. The smallest absolute Gasteiger partial charge is 0.268 e. The van der Waals surface area contributed by atoms with Crippen LogP contribution in [0.4, 0.5) is 5.69 Å². The van der Waals surface area contributed by atoms with Crippen molar-refractivity contribution in [3.63, 3.8) is 0 Å². The number of nitrogens with zero attached hydrogens (tertiary/aromatic N) is 1. The molecule has 5 rings (SSSR count). The van der Waals surface area contributed by atoms with E-state index in [1.54, 1.807) is 7.11 Å². The van der Waals surface area contributed by atoms with Gasteiger partial charge in [0.2, 0.25) is 0 Å². The molecule has 1 atom stereocenters. The molecule has 4 aromatic carbocycles. The normalized spacial score (nSPS) is 16.1. The molecule has 164 valence electrons. The van der Waals surface area contributed by atoms with Gasteiger partial charge in [-0.1, -0.05) is 60.7 Å². The summed E-state index contributed by atoms with van der Waals surface area (Å²) in [6, 6.07) is 39.7. The topological polar surface area (TPSA) is 29.5 Å². The summed E-state index contributed by atoms with van der Waals surface area (Å²) in [5.41, 5.74) is 0.769. The Morgan fingerprint density at radius 3 is 1.73 bits per heavy atom. The summed E-state index contributed by atoms with van der Waals surface area (Å²) < 4.78 is 5.42. The van der Waals surface area contributed by atoms with E-state index in [2.05, 4.69) is 72.8 Å². The van der Waals surface area contributed by atoms with Gasteiger partial charge in [-0.25, -0.2) is 0 Å². The molecule has 0 bridgehead atoms. The highest BCUT2D eigenvalue weighted by Gasteiger charge is 2.58. The van der Waals surface area contributed by atoms with E-state index in [0.29, 0.717) is 6.54 Å². The molecule has 33 heavy (non-hydrogen) atoms. The maximum Gasteiger partial charge on any atom is 0.268 e. The Morgan fingerprint density at radius 2 is 1.24 bits per heavy atom. The highest BCUT2D eigenvalue weighted by atomic mass is 31.2. The highest BCUT2D eigenvalue weighted by Crippen LogP contribution is 2.62. The predicted octanol–water partition coefficient (Wildman–Crippen LogP) is 4.79. The van der Waals surface area contributed by atoms with Crippen LogP contribution in [0.3, 0.4) is 0 Å². The molecule has 3 nitrogen and oxygen atoms in total. The number of ether oxygens (including phenoxy) is 1. The number of anilines is 1. The van der Waals surface area contributed by atoms with Crippen molar-refractivity contribution < 1.29 is 9.53 Å². The summed E-state index contributed by atoms with van der Waals surface area (Å²) in [6.07, 6.45) is 0.808. The van der Waals surface area contributed by atoms with Gasteiger partial charge in [0.05, 0.1) is 7.11 Å². The summed E-state index contributed by atoms with van der Waals surface area (Å²) in [5.74, 6) is 0.951. The Morgan fingerprint density at radius 1 is 0.727 bits per heavy atom. The second-order valence-corrected chi connectivity index (χ2v) is 11.8. The van der Waals surface area contributed by atoms with Gasteiger partial charge in [0.25, 0.3) is 5.91 Å². The van der Waals surface area contributed by atoms with Crippen LogP contribution in [0, 0.1) is 0 Å². The second kappa shape index (κ2) is 9.21. The third-order valence-corrected chi connectivity index (χ3v) is 11.3. The van der Waals surface area contributed by atoms with Gasteiger partial charge in [0, 0.05) is 24.7 Å². The maximum absolute atomic E-state index is 14.2. The van der Waals surface area contributed by atoms with Crippen molar-refractivity contribution in [3.05, 3.63) is 115 Å². The van der Waals surface area contributed by atoms with Crippen molar-refractivity contribution in [1.82, 2.24) is 0 Å². The SMILES string of the molecule is COc1cccc(N2CC[C@@H]([P+](c3ccccc3)(c3ccccc3)c3ccccc3)C2=O)c1. The lowest BCUT2D eigenvalue weighted by Gasteiger charge is -2.32. The molecule has 1 saturated heterocycles. The number of rotatable bonds is 6. The van der Waals surface area contributed by atoms with E-state index in [4.69, 9.17) is 4.74 Å². The first-order chi connectivity index (χ1) is 16.2. The summed E-state index contributed by atoms with van der Waals surface area (Å²) >= 11 is 0. The summed E-state index contributed by atoms with van der Waals surface area (Å²) in [5, 5.41) is 3.73. The van der Waals surface area contributed by atoms with Gasteiger partial charge in [0.15, 0.2) is 5.66 Å². The molecule has 4 heteroatoms. The number of hydrogen-bond donors (Lipinski definition) is 0. The fourth-order valence-corrected chi connectivity index (χ4v) is 9.91. The van der Waals surface area contributed by atoms with Gasteiger partial charge in [-0.3, -0.25) is 4.79 Å². The van der Waals surface area contributed by atoms with E-state index in [1.807, 2.05) is 47.4 Å². The summed E-state index contributed by atoms with van der Waals surface area (Å²) in [4.78, 5) is 16.1. The van der Waals surface area contributed by atoms with Gasteiger partial charge in [0.1, 0.15) is 28.9 Å². The van der Waals surface area contributed by atoms with Gasteiger partial charge in [-0.15, -0.1) is 0 Å². The first kappa shape index (κ1) is 21.4. The fourth-order valence-electron chi connectivity index (χ4n) is 5.04. The minimum absolute atomic E-state index is 0.129.